The molecule has 0 radical (unpaired) electrons. The highest BCUT2D eigenvalue weighted by atomic mass is 35.5. The van der Waals surface area contributed by atoms with Crippen molar-refractivity contribution < 1.29 is 18.9 Å². The second-order valence-electron chi connectivity index (χ2n) is 8.27. The number of anilines is 1. The van der Waals surface area contributed by atoms with Crippen molar-refractivity contribution in [1.82, 2.24) is 10.2 Å². The van der Waals surface area contributed by atoms with Crippen molar-refractivity contribution in [3.05, 3.63) is 71.4 Å². The zero-order valence-electron chi connectivity index (χ0n) is 19.6. The minimum atomic E-state index is 0.0425. The summed E-state index contributed by atoms with van der Waals surface area (Å²) in [5.41, 5.74) is 4.52. The monoisotopic (exact) mass is 491 g/mol. The number of halogens is 1. The fourth-order valence-corrected chi connectivity index (χ4v) is 4.35. The molecule has 1 aromatic heterocycles. The number of hydrogen-bond donors (Lipinski definition) is 1. The first kappa shape index (κ1) is 23.2. The van der Waals surface area contributed by atoms with Crippen molar-refractivity contribution in [3.63, 3.8) is 0 Å². The molecular weight excluding hydrogens is 466 g/mol. The molecule has 1 unspecified atom stereocenters. The SMILES string of the molecule is COc1ccc(CNc2cnnc3cc(-c4cc(Cl)ccc4OC4CCOC4)ccc23)c(OC)c1. The van der Waals surface area contributed by atoms with E-state index in [1.807, 2.05) is 54.6 Å². The standard InChI is InChI=1S/C27H26ClN3O4/c1-32-20-6-3-18(27(13-20)33-2)14-29-25-15-30-31-24-11-17(4-7-22(24)25)23-12-19(28)5-8-26(23)35-21-9-10-34-16-21/h3-8,11-13,15,21H,9-10,14,16H2,1-2H3,(H,29,31). The van der Waals surface area contributed by atoms with Crippen LogP contribution in [-0.4, -0.2) is 43.7 Å². The number of hydrogen-bond acceptors (Lipinski definition) is 7. The Bertz CT molecular complexity index is 1340. The van der Waals surface area contributed by atoms with Crippen LogP contribution in [0.2, 0.25) is 5.02 Å². The highest BCUT2D eigenvalue weighted by Crippen LogP contribution is 2.36. The minimum absolute atomic E-state index is 0.0425. The molecule has 1 N–H and O–H groups in total. The largest absolute Gasteiger partial charge is 0.497 e. The van der Waals surface area contributed by atoms with E-state index in [0.29, 0.717) is 18.2 Å². The molecule has 0 amide bonds. The van der Waals surface area contributed by atoms with Crippen LogP contribution in [0.1, 0.15) is 12.0 Å². The second kappa shape index (κ2) is 10.4. The second-order valence-corrected chi connectivity index (χ2v) is 8.70. The van der Waals surface area contributed by atoms with Gasteiger partial charge in [0.1, 0.15) is 23.4 Å². The Balaban J connectivity index is 1.42. The first-order valence-corrected chi connectivity index (χ1v) is 11.8. The smallest absolute Gasteiger partial charge is 0.127 e. The Labute approximate surface area is 208 Å². The van der Waals surface area contributed by atoms with E-state index in [2.05, 4.69) is 15.5 Å². The minimum Gasteiger partial charge on any atom is -0.497 e. The predicted molar refractivity (Wildman–Crippen MR) is 137 cm³/mol. The van der Waals surface area contributed by atoms with Gasteiger partial charge < -0.3 is 24.3 Å². The van der Waals surface area contributed by atoms with Gasteiger partial charge in [0.2, 0.25) is 0 Å². The molecule has 0 bridgehead atoms. The van der Waals surface area contributed by atoms with Gasteiger partial charge in [-0.1, -0.05) is 17.7 Å². The summed E-state index contributed by atoms with van der Waals surface area (Å²) < 4.78 is 22.5. The van der Waals surface area contributed by atoms with Gasteiger partial charge in [0.25, 0.3) is 0 Å². The third kappa shape index (κ3) is 5.11. The molecule has 0 saturated carbocycles. The fourth-order valence-electron chi connectivity index (χ4n) is 4.17. The van der Waals surface area contributed by atoms with E-state index in [-0.39, 0.29) is 6.10 Å². The first-order valence-electron chi connectivity index (χ1n) is 11.4. The molecule has 2 heterocycles. The van der Waals surface area contributed by atoms with Gasteiger partial charge in [0.15, 0.2) is 0 Å². The zero-order chi connectivity index (χ0) is 24.2. The summed E-state index contributed by atoms with van der Waals surface area (Å²) in [6, 6.07) is 17.5. The predicted octanol–water partition coefficient (Wildman–Crippen LogP) is 5.75. The number of methoxy groups -OCH3 is 2. The molecule has 1 atom stereocenters. The maximum absolute atomic E-state index is 6.33. The molecule has 1 saturated heterocycles. The van der Waals surface area contributed by atoms with Crippen molar-refractivity contribution in [2.75, 3.05) is 32.8 Å². The maximum atomic E-state index is 6.33. The van der Waals surface area contributed by atoms with Crippen LogP contribution < -0.4 is 19.5 Å². The molecule has 1 aliphatic rings. The van der Waals surface area contributed by atoms with Crippen LogP contribution in [0.4, 0.5) is 5.69 Å². The Morgan fingerprint density at radius 2 is 1.94 bits per heavy atom. The molecule has 0 spiro atoms. The number of nitrogens with one attached hydrogen (secondary N) is 1. The van der Waals surface area contributed by atoms with E-state index in [9.17, 15) is 0 Å². The van der Waals surface area contributed by atoms with E-state index in [1.165, 1.54) is 0 Å². The molecule has 4 aromatic rings. The quantitative estimate of drug-likeness (QED) is 0.336. The van der Waals surface area contributed by atoms with Gasteiger partial charge in [0.05, 0.1) is 44.8 Å². The number of benzene rings is 3. The van der Waals surface area contributed by atoms with Crippen LogP contribution >= 0.6 is 11.6 Å². The average molecular weight is 492 g/mol. The molecule has 0 aliphatic carbocycles. The number of aromatic nitrogens is 2. The van der Waals surface area contributed by atoms with Crippen molar-refractivity contribution >= 4 is 28.2 Å². The van der Waals surface area contributed by atoms with Crippen LogP contribution in [-0.2, 0) is 11.3 Å². The van der Waals surface area contributed by atoms with Gasteiger partial charge in [-0.15, -0.1) is 0 Å². The summed E-state index contributed by atoms with van der Waals surface area (Å²) in [6.45, 7) is 1.88. The highest BCUT2D eigenvalue weighted by Gasteiger charge is 2.19. The summed E-state index contributed by atoms with van der Waals surface area (Å²) in [4.78, 5) is 0. The summed E-state index contributed by atoms with van der Waals surface area (Å²) in [6.07, 6.45) is 2.64. The summed E-state index contributed by atoms with van der Waals surface area (Å²) in [5.74, 6) is 2.28. The van der Waals surface area contributed by atoms with Crippen LogP contribution in [0.15, 0.2) is 60.8 Å². The van der Waals surface area contributed by atoms with Crippen molar-refractivity contribution in [3.8, 4) is 28.4 Å². The normalized spacial score (nSPS) is 15.2. The number of nitrogens with zero attached hydrogens (tertiary/aromatic N) is 2. The first-order chi connectivity index (χ1) is 17.1. The van der Waals surface area contributed by atoms with Gasteiger partial charge in [-0.25, -0.2) is 0 Å². The summed E-state index contributed by atoms with van der Waals surface area (Å²) in [5, 5.41) is 13.7. The Hall–Kier alpha value is -3.55. The molecular formula is C27H26ClN3O4. The van der Waals surface area contributed by atoms with Gasteiger partial charge in [0, 0.05) is 40.6 Å². The number of ether oxygens (including phenoxy) is 4. The Morgan fingerprint density at radius 3 is 2.74 bits per heavy atom. The Kier molecular flexibility index (Phi) is 6.88. The molecule has 3 aromatic carbocycles. The Morgan fingerprint density at radius 1 is 1.03 bits per heavy atom. The van der Waals surface area contributed by atoms with Gasteiger partial charge >= 0.3 is 0 Å². The van der Waals surface area contributed by atoms with Crippen LogP contribution in [0.25, 0.3) is 22.0 Å². The van der Waals surface area contributed by atoms with E-state index in [4.69, 9.17) is 30.5 Å². The third-order valence-corrected chi connectivity index (χ3v) is 6.27. The third-order valence-electron chi connectivity index (χ3n) is 6.04. The molecule has 1 aliphatic heterocycles. The lowest BCUT2D eigenvalue weighted by atomic mass is 10.0. The zero-order valence-corrected chi connectivity index (χ0v) is 20.3. The van der Waals surface area contributed by atoms with Crippen molar-refractivity contribution in [1.29, 1.82) is 0 Å². The van der Waals surface area contributed by atoms with Crippen molar-refractivity contribution in [2.24, 2.45) is 0 Å². The topological polar surface area (TPSA) is 74.7 Å². The van der Waals surface area contributed by atoms with E-state index in [1.54, 1.807) is 20.4 Å². The molecule has 7 nitrogen and oxygen atoms in total. The van der Waals surface area contributed by atoms with Crippen LogP contribution in [0.3, 0.4) is 0 Å². The molecule has 35 heavy (non-hydrogen) atoms. The van der Waals surface area contributed by atoms with E-state index >= 15 is 0 Å². The molecule has 5 rings (SSSR count). The number of fused-ring (bicyclic) bond motifs is 1. The summed E-state index contributed by atoms with van der Waals surface area (Å²) >= 11 is 6.33. The van der Waals surface area contributed by atoms with E-state index in [0.717, 1.165) is 63.6 Å². The average Bonchev–Trinajstić information content (AvgIpc) is 3.41. The summed E-state index contributed by atoms with van der Waals surface area (Å²) in [7, 11) is 3.29. The lowest BCUT2D eigenvalue weighted by Crippen LogP contribution is -2.16. The van der Waals surface area contributed by atoms with Crippen LogP contribution in [0.5, 0.6) is 17.2 Å². The van der Waals surface area contributed by atoms with Gasteiger partial charge in [-0.2, -0.15) is 10.2 Å². The molecule has 180 valence electrons. The van der Waals surface area contributed by atoms with Crippen molar-refractivity contribution in [2.45, 2.75) is 19.1 Å². The molecule has 1 fully saturated rings. The number of rotatable bonds is 8. The van der Waals surface area contributed by atoms with Gasteiger partial charge in [-0.3, -0.25) is 0 Å². The van der Waals surface area contributed by atoms with Gasteiger partial charge in [-0.05, 0) is 48.0 Å². The molecule has 8 heteroatoms. The van der Waals surface area contributed by atoms with Crippen LogP contribution in [0, 0.1) is 0 Å². The highest BCUT2D eigenvalue weighted by molar-refractivity contribution is 6.31. The fraction of sp³-hybridized carbons (Fsp3) is 0.259. The maximum Gasteiger partial charge on any atom is 0.127 e. The lowest BCUT2D eigenvalue weighted by molar-refractivity contribution is 0.142. The van der Waals surface area contributed by atoms with E-state index < -0.39 is 0 Å². The lowest BCUT2D eigenvalue weighted by Gasteiger charge is -2.17.